The molecule has 1 N–H and O–H groups in total. The van der Waals surface area contributed by atoms with Gasteiger partial charge in [-0.2, -0.15) is 5.10 Å². The van der Waals surface area contributed by atoms with Gasteiger partial charge in [-0.05, 0) is 42.7 Å². The van der Waals surface area contributed by atoms with Crippen LogP contribution in [0.3, 0.4) is 0 Å². The zero-order valence-electron chi connectivity index (χ0n) is 18.2. The predicted octanol–water partition coefficient (Wildman–Crippen LogP) is 2.91. The van der Waals surface area contributed by atoms with E-state index in [9.17, 15) is 13.2 Å². The molecular weight excluding hydrogens is 416 g/mol. The van der Waals surface area contributed by atoms with Gasteiger partial charge in [-0.25, -0.2) is 4.98 Å². The molecule has 2 aromatic carbocycles. The molecule has 0 bridgehead atoms. The number of para-hydroxylation sites is 1. The Kier molecular flexibility index (Phi) is 5.89. The average molecular weight is 436 g/mol. The van der Waals surface area contributed by atoms with Gasteiger partial charge in [0.1, 0.15) is 11.4 Å². The second-order valence-corrected chi connectivity index (χ2v) is 7.57. The molecule has 0 saturated heterocycles. The van der Waals surface area contributed by atoms with E-state index in [-0.39, 0.29) is 36.7 Å². The van der Waals surface area contributed by atoms with Crippen LogP contribution >= 0.6 is 0 Å². The third-order valence-corrected chi connectivity index (χ3v) is 5.57. The number of nitrogens with one attached hydrogen (secondary N) is 1. The predicted molar refractivity (Wildman–Crippen MR) is 108 cm³/mol. The first kappa shape index (κ1) is 21.9. The van der Waals surface area contributed by atoms with Crippen molar-refractivity contribution >= 4 is 11.0 Å². The smallest absolute Gasteiger partial charge is 1.00 e. The fourth-order valence-electron chi connectivity index (χ4n) is 3.83. The molecular formula is C22H20F3N4NaO. The van der Waals surface area contributed by atoms with E-state index in [2.05, 4.69) is 25.9 Å². The van der Waals surface area contributed by atoms with E-state index in [0.29, 0.717) is 22.9 Å². The molecule has 1 saturated carbocycles. The van der Waals surface area contributed by atoms with Crippen molar-refractivity contribution in [3.8, 4) is 28.4 Å². The van der Waals surface area contributed by atoms with Gasteiger partial charge in [-0.15, -0.1) is 13.2 Å². The van der Waals surface area contributed by atoms with Crippen LogP contribution in [0, 0.1) is 0 Å². The summed E-state index contributed by atoms with van der Waals surface area (Å²) in [4.78, 5) is 7.93. The third-order valence-electron chi connectivity index (χ3n) is 5.57. The van der Waals surface area contributed by atoms with Gasteiger partial charge in [-0.3, -0.25) is 4.68 Å². The number of alkyl halides is 3. The number of benzene rings is 2. The van der Waals surface area contributed by atoms with E-state index < -0.39 is 6.36 Å². The van der Waals surface area contributed by atoms with Crippen LogP contribution in [0.25, 0.3) is 33.7 Å². The topological polar surface area (TPSA) is 55.7 Å². The molecule has 5 rings (SSSR count). The Hall–Kier alpha value is -2.29. The number of aromatic nitrogens is 4. The van der Waals surface area contributed by atoms with Gasteiger partial charge in [0, 0.05) is 18.5 Å². The number of hydrogen-bond acceptors (Lipinski definition) is 3. The van der Waals surface area contributed by atoms with E-state index in [1.54, 1.807) is 30.3 Å². The SMILES string of the molecule is Cn1nc(C2CCC2)cc1-c1nc2ccc(-c3ccccc3OC(F)(F)F)cc2[nH]1.[H-].[Na+]. The third kappa shape index (κ3) is 4.37. The molecule has 4 aromatic rings. The zero-order valence-corrected chi connectivity index (χ0v) is 19.2. The maximum atomic E-state index is 12.8. The Morgan fingerprint density at radius 3 is 2.61 bits per heavy atom. The summed E-state index contributed by atoms with van der Waals surface area (Å²) < 4.78 is 44.3. The van der Waals surface area contributed by atoms with Crippen LogP contribution in [0.2, 0.25) is 0 Å². The van der Waals surface area contributed by atoms with Gasteiger partial charge >= 0.3 is 35.9 Å². The molecule has 0 spiro atoms. The molecule has 5 nitrogen and oxygen atoms in total. The van der Waals surface area contributed by atoms with Gasteiger partial charge in [0.05, 0.1) is 16.7 Å². The summed E-state index contributed by atoms with van der Waals surface area (Å²) in [5, 5.41) is 4.62. The largest absolute Gasteiger partial charge is 1.00 e. The standard InChI is InChI=1S/C22H19F3N4O.Na.H/c1-29-19(12-17(28-29)13-5-4-6-13)21-26-16-10-9-14(11-18(16)27-21)15-7-2-3-8-20(15)30-22(23,24)25;;/h2-3,7-13H,4-6H2,1H3,(H,26,27);;/q;+1;-1. The molecule has 9 heteroatoms. The molecule has 0 aliphatic heterocycles. The Morgan fingerprint density at radius 1 is 1.13 bits per heavy atom. The quantitative estimate of drug-likeness (QED) is 0.501. The van der Waals surface area contributed by atoms with Gasteiger partial charge in [0.25, 0.3) is 0 Å². The fraction of sp³-hybridized carbons (Fsp3) is 0.273. The maximum absolute atomic E-state index is 12.8. The van der Waals surface area contributed by atoms with Gasteiger partial charge < -0.3 is 11.1 Å². The monoisotopic (exact) mass is 436 g/mol. The van der Waals surface area contributed by atoms with Crippen molar-refractivity contribution < 1.29 is 48.9 Å². The van der Waals surface area contributed by atoms with Crippen LogP contribution < -0.4 is 34.3 Å². The summed E-state index contributed by atoms with van der Waals surface area (Å²) in [5.74, 6) is 0.967. The molecule has 0 unspecified atom stereocenters. The van der Waals surface area contributed by atoms with Crippen molar-refractivity contribution in [2.75, 3.05) is 0 Å². The first-order valence-corrected chi connectivity index (χ1v) is 9.76. The summed E-state index contributed by atoms with van der Waals surface area (Å²) in [7, 11) is 1.89. The Morgan fingerprint density at radius 2 is 1.90 bits per heavy atom. The van der Waals surface area contributed by atoms with Crippen LogP contribution in [0.15, 0.2) is 48.5 Å². The first-order chi connectivity index (χ1) is 14.4. The Labute approximate surface area is 200 Å². The van der Waals surface area contributed by atoms with Crippen molar-refractivity contribution in [1.29, 1.82) is 0 Å². The molecule has 0 amide bonds. The number of hydrogen-bond donors (Lipinski definition) is 1. The molecule has 31 heavy (non-hydrogen) atoms. The Balaban J connectivity index is 0.00000144. The molecule has 2 heterocycles. The minimum Gasteiger partial charge on any atom is -1.00 e. The number of H-pyrrole nitrogens is 1. The van der Waals surface area contributed by atoms with E-state index in [4.69, 9.17) is 0 Å². The minimum atomic E-state index is -4.75. The molecule has 0 atom stereocenters. The molecule has 0 radical (unpaired) electrons. The van der Waals surface area contributed by atoms with E-state index in [1.807, 2.05) is 11.7 Å². The molecule has 1 fully saturated rings. The normalized spacial score (nSPS) is 14.3. The van der Waals surface area contributed by atoms with E-state index in [1.165, 1.54) is 31.4 Å². The van der Waals surface area contributed by atoms with E-state index >= 15 is 0 Å². The van der Waals surface area contributed by atoms with Crippen molar-refractivity contribution in [1.82, 2.24) is 19.7 Å². The summed E-state index contributed by atoms with van der Waals surface area (Å²) in [6, 6.07) is 13.5. The number of aryl methyl sites for hydroxylation is 1. The zero-order chi connectivity index (χ0) is 20.9. The molecule has 1 aliphatic carbocycles. The number of imidazole rings is 1. The fourth-order valence-corrected chi connectivity index (χ4v) is 3.83. The molecule has 2 aromatic heterocycles. The average Bonchev–Trinajstić information content (AvgIpc) is 3.22. The van der Waals surface area contributed by atoms with Crippen molar-refractivity contribution in [2.45, 2.75) is 31.5 Å². The first-order valence-electron chi connectivity index (χ1n) is 9.76. The van der Waals surface area contributed by atoms with Crippen LogP contribution in [0.4, 0.5) is 13.2 Å². The number of rotatable bonds is 4. The minimum absolute atomic E-state index is 0. The van der Waals surface area contributed by atoms with Crippen molar-refractivity contribution in [3.05, 3.63) is 54.2 Å². The van der Waals surface area contributed by atoms with Crippen LogP contribution in [-0.2, 0) is 7.05 Å². The number of aromatic amines is 1. The number of ether oxygens (including phenoxy) is 1. The van der Waals surface area contributed by atoms with Crippen LogP contribution in [0.5, 0.6) is 5.75 Å². The summed E-state index contributed by atoms with van der Waals surface area (Å²) in [6.07, 6.45) is -1.18. The van der Waals surface area contributed by atoms with Gasteiger partial charge in [-0.1, -0.05) is 30.7 Å². The van der Waals surface area contributed by atoms with E-state index in [0.717, 1.165) is 22.4 Å². The second kappa shape index (κ2) is 8.33. The summed E-state index contributed by atoms with van der Waals surface area (Å²) >= 11 is 0. The summed E-state index contributed by atoms with van der Waals surface area (Å²) in [6.45, 7) is 0. The molecule has 156 valence electrons. The Bertz CT molecular complexity index is 1230. The molecule has 1 aliphatic rings. The van der Waals surface area contributed by atoms with Gasteiger partial charge in [0.15, 0.2) is 5.82 Å². The maximum Gasteiger partial charge on any atom is 1.00 e. The second-order valence-electron chi connectivity index (χ2n) is 7.57. The van der Waals surface area contributed by atoms with Crippen LogP contribution in [-0.4, -0.2) is 26.1 Å². The van der Waals surface area contributed by atoms with Crippen molar-refractivity contribution in [2.24, 2.45) is 7.05 Å². The summed E-state index contributed by atoms with van der Waals surface area (Å²) in [5.41, 5.74) is 4.40. The number of nitrogens with zero attached hydrogens (tertiary/aromatic N) is 3. The number of fused-ring (bicyclic) bond motifs is 1. The van der Waals surface area contributed by atoms with Crippen LogP contribution in [0.1, 0.15) is 32.3 Å². The van der Waals surface area contributed by atoms with Gasteiger partial charge in [0.2, 0.25) is 0 Å². The van der Waals surface area contributed by atoms with Crippen molar-refractivity contribution in [3.63, 3.8) is 0 Å². The number of halogens is 3.